The smallest absolute Gasteiger partial charge is 0.328 e. The molecule has 5 nitrogen and oxygen atoms in total. The van der Waals surface area contributed by atoms with Crippen LogP contribution in [0.15, 0.2) is 59.4 Å². The van der Waals surface area contributed by atoms with E-state index in [4.69, 9.17) is 5.11 Å². The van der Waals surface area contributed by atoms with Crippen LogP contribution in [0.2, 0.25) is 0 Å². The maximum absolute atomic E-state index is 11.3. The zero-order chi connectivity index (χ0) is 22.2. The number of hydrogen-bond acceptors (Lipinski definition) is 4. The topological polar surface area (TPSA) is 86.6 Å². The Hall–Kier alpha value is -2.21. The summed E-state index contributed by atoms with van der Waals surface area (Å²) in [6.07, 6.45) is 13.1. The summed E-state index contributed by atoms with van der Waals surface area (Å²) in [5.41, 5.74) is 4.33. The van der Waals surface area contributed by atoms with Gasteiger partial charge in [0, 0.05) is 23.3 Å². The van der Waals surface area contributed by atoms with Gasteiger partial charge in [-0.15, -0.1) is 0 Å². The van der Waals surface area contributed by atoms with Crippen molar-refractivity contribution in [2.75, 3.05) is 11.5 Å². The minimum atomic E-state index is -1.10. The van der Waals surface area contributed by atoms with Crippen molar-refractivity contribution in [2.24, 2.45) is 0 Å². The van der Waals surface area contributed by atoms with Crippen molar-refractivity contribution in [3.8, 4) is 0 Å². The molecule has 0 aromatic rings. The molecule has 0 bridgehead atoms. The van der Waals surface area contributed by atoms with Crippen LogP contribution in [0.25, 0.3) is 0 Å². The number of rotatable bonds is 15. The minimum Gasteiger partial charge on any atom is -0.480 e. The average molecular weight is 422 g/mol. The van der Waals surface area contributed by atoms with Gasteiger partial charge in [0.25, 0.3) is 0 Å². The predicted molar refractivity (Wildman–Crippen MR) is 123 cm³/mol. The van der Waals surface area contributed by atoms with Gasteiger partial charge in [-0.1, -0.05) is 41.5 Å². The molecule has 1 unspecified atom stereocenters. The lowest BCUT2D eigenvalue weighted by Crippen LogP contribution is -2.37. The highest BCUT2D eigenvalue weighted by Crippen LogP contribution is 2.13. The SMILES string of the molecule is C=C(/C=C/C(=O)O)NC(CSC/C=C(\C)CC/C=C(\C)CCC=C(C)C)C(=O)O. The molecular weight excluding hydrogens is 386 g/mol. The van der Waals surface area contributed by atoms with E-state index in [1.54, 1.807) is 0 Å². The standard InChI is InChI=1S/C23H35NO4S/c1-17(2)8-6-9-18(3)10-7-11-19(4)14-15-29-16-21(23(27)28)24-20(5)12-13-22(25)26/h8,10,12-14,21,24H,5-7,9,11,15-16H2,1-4H3,(H,25,26)(H,27,28)/b13-12+,18-10+,19-14+. The summed E-state index contributed by atoms with van der Waals surface area (Å²) in [5, 5.41) is 20.6. The third-order valence-electron chi connectivity index (χ3n) is 4.04. The summed E-state index contributed by atoms with van der Waals surface area (Å²) in [5.74, 6) is -0.995. The number of aliphatic carboxylic acids is 2. The van der Waals surface area contributed by atoms with Crippen LogP contribution in [0.1, 0.15) is 53.4 Å². The van der Waals surface area contributed by atoms with Crippen LogP contribution in [0.4, 0.5) is 0 Å². The van der Waals surface area contributed by atoms with E-state index in [0.29, 0.717) is 5.75 Å². The van der Waals surface area contributed by atoms with Gasteiger partial charge in [0.2, 0.25) is 0 Å². The second kappa shape index (κ2) is 15.7. The van der Waals surface area contributed by atoms with E-state index in [-0.39, 0.29) is 5.70 Å². The van der Waals surface area contributed by atoms with Crippen LogP contribution in [-0.2, 0) is 9.59 Å². The molecule has 3 N–H and O–H groups in total. The number of allylic oxidation sites excluding steroid dienone is 6. The van der Waals surface area contributed by atoms with E-state index < -0.39 is 18.0 Å². The van der Waals surface area contributed by atoms with Gasteiger partial charge in [0.05, 0.1) is 0 Å². The number of hydrogen-bond donors (Lipinski definition) is 3. The maximum Gasteiger partial charge on any atom is 0.328 e. The summed E-state index contributed by atoms with van der Waals surface area (Å²) in [7, 11) is 0. The first-order valence-corrected chi connectivity index (χ1v) is 10.9. The highest BCUT2D eigenvalue weighted by molar-refractivity contribution is 7.99. The summed E-state index contributed by atoms with van der Waals surface area (Å²) in [6.45, 7) is 12.1. The Balaban J connectivity index is 4.27. The highest BCUT2D eigenvalue weighted by Gasteiger charge is 2.16. The molecule has 0 aliphatic rings. The Bertz CT molecular complexity index is 670. The Labute approximate surface area is 179 Å². The molecule has 29 heavy (non-hydrogen) atoms. The number of thioether (sulfide) groups is 1. The number of carbonyl (C=O) groups is 2. The van der Waals surface area contributed by atoms with Crippen LogP contribution >= 0.6 is 11.8 Å². The average Bonchev–Trinajstić information content (AvgIpc) is 2.61. The fourth-order valence-electron chi connectivity index (χ4n) is 2.34. The van der Waals surface area contributed by atoms with Gasteiger partial charge in [-0.2, -0.15) is 11.8 Å². The quantitative estimate of drug-likeness (QED) is 0.143. The zero-order valence-corrected chi connectivity index (χ0v) is 18.8. The van der Waals surface area contributed by atoms with E-state index >= 15 is 0 Å². The van der Waals surface area contributed by atoms with Crippen LogP contribution in [0, 0.1) is 0 Å². The molecule has 0 saturated carbocycles. The van der Waals surface area contributed by atoms with Gasteiger partial charge in [-0.3, -0.25) is 0 Å². The maximum atomic E-state index is 11.3. The summed E-state index contributed by atoms with van der Waals surface area (Å²) >= 11 is 1.51. The van der Waals surface area contributed by atoms with Gasteiger partial charge < -0.3 is 15.5 Å². The number of carboxylic acids is 2. The largest absolute Gasteiger partial charge is 0.480 e. The molecule has 0 rings (SSSR count). The fraction of sp³-hybridized carbons (Fsp3) is 0.478. The summed E-state index contributed by atoms with van der Waals surface area (Å²) < 4.78 is 0. The predicted octanol–water partition coefficient (Wildman–Crippen LogP) is 5.34. The number of nitrogens with one attached hydrogen (secondary N) is 1. The lowest BCUT2D eigenvalue weighted by Gasteiger charge is -2.15. The van der Waals surface area contributed by atoms with Gasteiger partial charge in [0.15, 0.2) is 0 Å². The molecule has 0 aromatic heterocycles. The van der Waals surface area contributed by atoms with E-state index in [1.807, 2.05) is 0 Å². The molecule has 0 aliphatic heterocycles. The van der Waals surface area contributed by atoms with Crippen LogP contribution in [-0.4, -0.2) is 39.7 Å². The summed E-state index contributed by atoms with van der Waals surface area (Å²) in [4.78, 5) is 21.8. The fourth-order valence-corrected chi connectivity index (χ4v) is 3.34. The first-order chi connectivity index (χ1) is 13.6. The zero-order valence-electron chi connectivity index (χ0n) is 18.0. The molecule has 0 aromatic carbocycles. The lowest BCUT2D eigenvalue weighted by molar-refractivity contribution is -0.138. The Morgan fingerprint density at radius 2 is 1.55 bits per heavy atom. The second-order valence-corrected chi connectivity index (χ2v) is 8.30. The van der Waals surface area contributed by atoms with Crippen molar-refractivity contribution in [3.05, 3.63) is 59.4 Å². The summed E-state index contributed by atoms with van der Waals surface area (Å²) in [6, 6.07) is -0.814. The van der Waals surface area contributed by atoms with E-state index in [1.165, 1.54) is 34.6 Å². The number of carboxylic acid groups (broad SMARTS) is 2. The molecule has 162 valence electrons. The Kier molecular flexibility index (Phi) is 14.5. The van der Waals surface area contributed by atoms with Crippen LogP contribution in [0.5, 0.6) is 0 Å². The molecule has 0 heterocycles. The van der Waals surface area contributed by atoms with Gasteiger partial charge >= 0.3 is 11.9 Å². The second-order valence-electron chi connectivity index (χ2n) is 7.23. The van der Waals surface area contributed by atoms with Crippen molar-refractivity contribution < 1.29 is 19.8 Å². The molecule has 0 amide bonds. The van der Waals surface area contributed by atoms with Gasteiger partial charge in [-0.05, 0) is 59.5 Å². The van der Waals surface area contributed by atoms with Gasteiger partial charge in [-0.25, -0.2) is 9.59 Å². The third-order valence-corrected chi connectivity index (χ3v) is 5.01. The van der Waals surface area contributed by atoms with Crippen molar-refractivity contribution in [2.45, 2.75) is 59.4 Å². The normalized spacial score (nSPS) is 13.2. The van der Waals surface area contributed by atoms with Crippen LogP contribution in [0.3, 0.4) is 0 Å². The van der Waals surface area contributed by atoms with E-state index in [9.17, 15) is 14.7 Å². The monoisotopic (exact) mass is 421 g/mol. The molecule has 0 saturated heterocycles. The van der Waals surface area contributed by atoms with E-state index in [0.717, 1.165) is 37.5 Å². The lowest BCUT2D eigenvalue weighted by atomic mass is 10.1. The molecule has 1 atom stereocenters. The van der Waals surface area contributed by atoms with Crippen molar-refractivity contribution in [1.82, 2.24) is 5.32 Å². The Morgan fingerprint density at radius 1 is 0.966 bits per heavy atom. The van der Waals surface area contributed by atoms with Crippen molar-refractivity contribution in [1.29, 1.82) is 0 Å². The van der Waals surface area contributed by atoms with Gasteiger partial charge in [0.1, 0.15) is 6.04 Å². The Morgan fingerprint density at radius 3 is 2.10 bits per heavy atom. The molecule has 0 fully saturated rings. The van der Waals surface area contributed by atoms with Crippen molar-refractivity contribution >= 4 is 23.7 Å². The molecular formula is C23H35NO4S. The third kappa shape index (κ3) is 16.4. The molecule has 0 spiro atoms. The van der Waals surface area contributed by atoms with E-state index in [2.05, 4.69) is 57.8 Å². The first-order valence-electron chi connectivity index (χ1n) is 9.73. The first kappa shape index (κ1) is 26.8. The molecule has 6 heteroatoms. The molecule has 0 radical (unpaired) electrons. The van der Waals surface area contributed by atoms with Crippen LogP contribution < -0.4 is 5.32 Å². The minimum absolute atomic E-state index is 0.263. The van der Waals surface area contributed by atoms with Crippen molar-refractivity contribution in [3.63, 3.8) is 0 Å². The highest BCUT2D eigenvalue weighted by atomic mass is 32.2. The molecule has 0 aliphatic carbocycles.